The third-order valence-electron chi connectivity index (χ3n) is 2.47. The molecule has 2 N–H and O–H groups in total. The lowest BCUT2D eigenvalue weighted by atomic mass is 10.2. The quantitative estimate of drug-likeness (QED) is 0.700. The summed E-state index contributed by atoms with van der Waals surface area (Å²) >= 11 is 1.86. The van der Waals surface area contributed by atoms with Crippen LogP contribution in [0.1, 0.15) is 36.2 Å². The second kappa shape index (κ2) is 8.74. The molecule has 0 saturated carbocycles. The van der Waals surface area contributed by atoms with Crippen molar-refractivity contribution in [2.45, 2.75) is 25.7 Å². The number of carbonyl (C=O) groups excluding carboxylic acids is 1. The standard InChI is InChI=1S/C12H19N3O2S/c1-18-9-5-3-2-4-8-13-12(17)10-6-7-11(16)15-14-10/h6-7H,2-5,8-9H2,1H3,(H,13,17)(H,15,16). The predicted octanol–water partition coefficient (Wildman–Crippen LogP) is 1.42. The fourth-order valence-electron chi connectivity index (χ4n) is 1.49. The predicted molar refractivity (Wildman–Crippen MR) is 74.0 cm³/mol. The third kappa shape index (κ3) is 5.86. The number of aromatic amines is 1. The van der Waals surface area contributed by atoms with E-state index >= 15 is 0 Å². The van der Waals surface area contributed by atoms with Gasteiger partial charge in [-0.05, 0) is 30.9 Å². The van der Waals surface area contributed by atoms with E-state index in [2.05, 4.69) is 21.8 Å². The van der Waals surface area contributed by atoms with Crippen molar-refractivity contribution in [1.29, 1.82) is 0 Å². The Hall–Kier alpha value is -1.30. The molecule has 0 fully saturated rings. The van der Waals surface area contributed by atoms with E-state index in [0.717, 1.165) is 12.8 Å². The highest BCUT2D eigenvalue weighted by Gasteiger charge is 2.05. The number of rotatable bonds is 8. The largest absolute Gasteiger partial charge is 0.351 e. The molecule has 0 saturated heterocycles. The molecule has 1 heterocycles. The fourth-order valence-corrected chi connectivity index (χ4v) is 1.98. The van der Waals surface area contributed by atoms with Gasteiger partial charge in [-0.3, -0.25) is 9.59 Å². The Morgan fingerprint density at radius 1 is 1.33 bits per heavy atom. The first kappa shape index (κ1) is 14.8. The third-order valence-corrected chi connectivity index (χ3v) is 3.17. The Kier molecular flexibility index (Phi) is 7.17. The highest BCUT2D eigenvalue weighted by molar-refractivity contribution is 7.98. The number of H-pyrrole nitrogens is 1. The Bertz CT molecular complexity index is 400. The van der Waals surface area contributed by atoms with Crippen LogP contribution in [0.25, 0.3) is 0 Å². The van der Waals surface area contributed by atoms with Gasteiger partial charge in [0.05, 0.1) is 0 Å². The van der Waals surface area contributed by atoms with Crippen molar-refractivity contribution in [2.24, 2.45) is 0 Å². The lowest BCUT2D eigenvalue weighted by Crippen LogP contribution is -2.26. The molecule has 18 heavy (non-hydrogen) atoms. The number of hydrogen-bond acceptors (Lipinski definition) is 4. The average molecular weight is 269 g/mol. The maximum absolute atomic E-state index is 11.6. The van der Waals surface area contributed by atoms with Crippen LogP contribution in [0.2, 0.25) is 0 Å². The molecule has 0 aromatic carbocycles. The molecule has 0 radical (unpaired) electrons. The number of aromatic nitrogens is 2. The smallest absolute Gasteiger partial charge is 0.271 e. The van der Waals surface area contributed by atoms with Crippen LogP contribution in [0.3, 0.4) is 0 Å². The van der Waals surface area contributed by atoms with Gasteiger partial charge >= 0.3 is 0 Å². The number of carbonyl (C=O) groups is 1. The normalized spacial score (nSPS) is 10.3. The van der Waals surface area contributed by atoms with Gasteiger partial charge in [0.25, 0.3) is 11.5 Å². The monoisotopic (exact) mass is 269 g/mol. The molecule has 1 aromatic rings. The van der Waals surface area contributed by atoms with Gasteiger partial charge in [-0.1, -0.05) is 12.8 Å². The molecule has 0 aliphatic rings. The van der Waals surface area contributed by atoms with E-state index in [9.17, 15) is 9.59 Å². The summed E-state index contributed by atoms with van der Waals surface area (Å²) in [7, 11) is 0. The van der Waals surface area contributed by atoms with Crippen LogP contribution >= 0.6 is 11.8 Å². The van der Waals surface area contributed by atoms with Crippen LogP contribution in [0, 0.1) is 0 Å². The van der Waals surface area contributed by atoms with E-state index in [0.29, 0.717) is 6.54 Å². The van der Waals surface area contributed by atoms with Gasteiger partial charge in [-0.25, -0.2) is 5.10 Å². The molecule has 0 unspecified atom stereocenters. The molecule has 6 heteroatoms. The summed E-state index contributed by atoms with van der Waals surface area (Å²) in [6, 6.07) is 2.72. The van der Waals surface area contributed by atoms with Crippen LogP contribution in [-0.4, -0.2) is 34.7 Å². The number of nitrogens with zero attached hydrogens (tertiary/aromatic N) is 1. The molecule has 5 nitrogen and oxygen atoms in total. The van der Waals surface area contributed by atoms with Gasteiger partial charge < -0.3 is 5.32 Å². The summed E-state index contributed by atoms with van der Waals surface area (Å²) < 4.78 is 0. The Balaban J connectivity index is 2.14. The summed E-state index contributed by atoms with van der Waals surface area (Å²) in [6.45, 7) is 0.652. The molecule has 0 aliphatic carbocycles. The van der Waals surface area contributed by atoms with Crippen LogP contribution in [-0.2, 0) is 0 Å². The fraction of sp³-hybridized carbons (Fsp3) is 0.583. The maximum Gasteiger partial charge on any atom is 0.271 e. The minimum Gasteiger partial charge on any atom is -0.351 e. The SMILES string of the molecule is CSCCCCCCNC(=O)c1ccc(=O)[nH]n1. The zero-order valence-electron chi connectivity index (χ0n) is 10.6. The zero-order chi connectivity index (χ0) is 13.2. The Morgan fingerprint density at radius 3 is 2.78 bits per heavy atom. The molecule has 1 amide bonds. The molecule has 0 spiro atoms. The summed E-state index contributed by atoms with van der Waals surface area (Å²) in [5.74, 6) is 0.962. The van der Waals surface area contributed by atoms with E-state index in [-0.39, 0.29) is 17.2 Å². The van der Waals surface area contributed by atoms with E-state index in [1.165, 1.54) is 30.7 Å². The Morgan fingerprint density at radius 2 is 2.11 bits per heavy atom. The van der Waals surface area contributed by atoms with Crippen LogP contribution in [0.5, 0.6) is 0 Å². The van der Waals surface area contributed by atoms with Gasteiger partial charge in [-0.2, -0.15) is 16.9 Å². The molecular weight excluding hydrogens is 250 g/mol. The van der Waals surface area contributed by atoms with Crippen LogP contribution in [0.4, 0.5) is 0 Å². The molecule has 100 valence electrons. The number of unbranched alkanes of at least 4 members (excludes halogenated alkanes) is 3. The molecule has 1 rings (SSSR count). The summed E-state index contributed by atoms with van der Waals surface area (Å²) in [4.78, 5) is 22.4. The Labute approximate surface area is 111 Å². The van der Waals surface area contributed by atoms with E-state index in [1.807, 2.05) is 11.8 Å². The van der Waals surface area contributed by atoms with Crippen molar-refractivity contribution >= 4 is 17.7 Å². The molecule has 0 atom stereocenters. The van der Waals surface area contributed by atoms with Gasteiger partial charge in [0, 0.05) is 12.6 Å². The van der Waals surface area contributed by atoms with Gasteiger partial charge in [0.1, 0.15) is 5.69 Å². The molecular formula is C12H19N3O2S. The van der Waals surface area contributed by atoms with Crippen molar-refractivity contribution < 1.29 is 4.79 Å². The number of amides is 1. The van der Waals surface area contributed by atoms with Crippen molar-refractivity contribution in [1.82, 2.24) is 15.5 Å². The summed E-state index contributed by atoms with van der Waals surface area (Å²) in [6.07, 6.45) is 6.64. The zero-order valence-corrected chi connectivity index (χ0v) is 11.4. The van der Waals surface area contributed by atoms with Gasteiger partial charge in [-0.15, -0.1) is 0 Å². The van der Waals surface area contributed by atoms with Crippen LogP contribution in [0.15, 0.2) is 16.9 Å². The van der Waals surface area contributed by atoms with Crippen LogP contribution < -0.4 is 10.9 Å². The van der Waals surface area contributed by atoms with Crippen molar-refractivity contribution in [3.63, 3.8) is 0 Å². The average Bonchev–Trinajstić information content (AvgIpc) is 2.38. The summed E-state index contributed by atoms with van der Waals surface area (Å²) in [5, 5.41) is 8.68. The molecule has 0 bridgehead atoms. The lowest BCUT2D eigenvalue weighted by molar-refractivity contribution is 0.0947. The topological polar surface area (TPSA) is 74.8 Å². The second-order valence-corrected chi connectivity index (χ2v) is 4.95. The van der Waals surface area contributed by atoms with Crippen molar-refractivity contribution in [3.8, 4) is 0 Å². The highest BCUT2D eigenvalue weighted by Crippen LogP contribution is 2.03. The first-order valence-electron chi connectivity index (χ1n) is 6.07. The first-order valence-corrected chi connectivity index (χ1v) is 7.46. The number of thioether (sulfide) groups is 1. The van der Waals surface area contributed by atoms with Gasteiger partial charge in [0.2, 0.25) is 0 Å². The number of hydrogen-bond donors (Lipinski definition) is 2. The van der Waals surface area contributed by atoms with E-state index in [4.69, 9.17) is 0 Å². The first-order chi connectivity index (χ1) is 8.74. The summed E-state index contributed by atoms with van der Waals surface area (Å²) in [5.41, 5.74) is -0.0580. The maximum atomic E-state index is 11.6. The van der Waals surface area contributed by atoms with E-state index in [1.54, 1.807) is 0 Å². The minimum atomic E-state index is -0.305. The molecule has 1 aromatic heterocycles. The lowest BCUT2D eigenvalue weighted by Gasteiger charge is -2.04. The second-order valence-electron chi connectivity index (χ2n) is 3.97. The van der Waals surface area contributed by atoms with Crippen molar-refractivity contribution in [2.75, 3.05) is 18.6 Å². The minimum absolute atomic E-state index is 0.240. The van der Waals surface area contributed by atoms with Gasteiger partial charge in [0.15, 0.2) is 0 Å². The van der Waals surface area contributed by atoms with Crippen molar-refractivity contribution in [3.05, 3.63) is 28.2 Å². The number of nitrogens with one attached hydrogen (secondary N) is 2. The molecule has 0 aliphatic heterocycles. The van der Waals surface area contributed by atoms with E-state index < -0.39 is 0 Å². The highest BCUT2D eigenvalue weighted by atomic mass is 32.2.